The topological polar surface area (TPSA) is 67.9 Å². The van der Waals surface area contributed by atoms with Crippen LogP contribution in [0.1, 0.15) is 42.5 Å². The minimum absolute atomic E-state index is 0.186. The molecule has 3 rings (SSSR count). The normalized spacial score (nSPS) is 21.4. The highest BCUT2D eigenvalue weighted by Gasteiger charge is 2.52. The Morgan fingerprint density at radius 1 is 1.26 bits per heavy atom. The molecular formula is C19H24Cl2N2O4. The summed E-state index contributed by atoms with van der Waals surface area (Å²) in [4.78, 5) is 27.7. The van der Waals surface area contributed by atoms with E-state index in [1.54, 1.807) is 30.2 Å². The molecule has 1 heterocycles. The second kappa shape index (κ2) is 8.78. The van der Waals surface area contributed by atoms with E-state index in [9.17, 15) is 9.59 Å². The van der Waals surface area contributed by atoms with Crippen molar-refractivity contribution < 1.29 is 19.1 Å². The van der Waals surface area contributed by atoms with Crippen molar-refractivity contribution in [2.45, 2.75) is 43.9 Å². The molecule has 1 unspecified atom stereocenters. The van der Waals surface area contributed by atoms with Gasteiger partial charge in [-0.15, -0.1) is 0 Å². The van der Waals surface area contributed by atoms with Crippen LogP contribution in [0.4, 0.5) is 0 Å². The summed E-state index contributed by atoms with van der Waals surface area (Å²) in [5.74, 6) is -0.497. The lowest BCUT2D eigenvalue weighted by Crippen LogP contribution is -2.56. The molecule has 1 atom stereocenters. The third kappa shape index (κ3) is 4.24. The monoisotopic (exact) mass is 414 g/mol. The minimum Gasteiger partial charge on any atom is -0.383 e. The first-order valence-electron chi connectivity index (χ1n) is 9.18. The Hall–Kier alpha value is -1.34. The molecule has 2 aliphatic rings. The molecule has 1 N–H and O–H groups in total. The van der Waals surface area contributed by atoms with Gasteiger partial charge in [-0.2, -0.15) is 0 Å². The fourth-order valence-electron chi connectivity index (χ4n) is 3.83. The largest absolute Gasteiger partial charge is 0.383 e. The van der Waals surface area contributed by atoms with Gasteiger partial charge in [0.2, 0.25) is 5.91 Å². The number of hydrogen-bond donors (Lipinski definition) is 1. The second-order valence-electron chi connectivity index (χ2n) is 6.92. The van der Waals surface area contributed by atoms with Crippen LogP contribution < -0.4 is 5.32 Å². The zero-order valence-corrected chi connectivity index (χ0v) is 16.8. The second-order valence-corrected chi connectivity index (χ2v) is 7.74. The van der Waals surface area contributed by atoms with Gasteiger partial charge in [0.25, 0.3) is 5.91 Å². The summed E-state index contributed by atoms with van der Waals surface area (Å²) >= 11 is 12.1. The lowest BCUT2D eigenvalue weighted by atomic mass is 9.89. The fourth-order valence-corrected chi connectivity index (χ4v) is 4.13. The van der Waals surface area contributed by atoms with Crippen LogP contribution in [0, 0.1) is 0 Å². The predicted molar refractivity (Wildman–Crippen MR) is 103 cm³/mol. The Labute approximate surface area is 169 Å². The molecule has 1 aliphatic carbocycles. The summed E-state index contributed by atoms with van der Waals surface area (Å²) < 4.78 is 11.1. The molecule has 148 valence electrons. The van der Waals surface area contributed by atoms with Gasteiger partial charge in [-0.25, -0.2) is 0 Å². The van der Waals surface area contributed by atoms with E-state index in [0.29, 0.717) is 28.8 Å². The highest BCUT2D eigenvalue weighted by atomic mass is 35.5. The maximum atomic E-state index is 13.4. The van der Waals surface area contributed by atoms with E-state index in [-0.39, 0.29) is 18.4 Å². The number of carbonyl (C=O) groups is 2. The van der Waals surface area contributed by atoms with Gasteiger partial charge in [0.1, 0.15) is 11.8 Å². The highest BCUT2D eigenvalue weighted by Crippen LogP contribution is 2.41. The summed E-state index contributed by atoms with van der Waals surface area (Å²) in [7, 11) is 1.57. The van der Waals surface area contributed by atoms with Crippen LogP contribution >= 0.6 is 23.2 Å². The number of ether oxygens (including phenoxy) is 2. The van der Waals surface area contributed by atoms with Crippen LogP contribution in [0.5, 0.6) is 0 Å². The quantitative estimate of drug-likeness (QED) is 0.750. The first-order chi connectivity index (χ1) is 13.0. The summed E-state index contributed by atoms with van der Waals surface area (Å²) in [6.45, 7) is 0.977. The molecule has 1 spiro atoms. The van der Waals surface area contributed by atoms with E-state index >= 15 is 0 Å². The third-order valence-corrected chi connectivity index (χ3v) is 5.93. The molecule has 2 amide bonds. The minimum atomic E-state index is -0.731. The third-order valence-electron chi connectivity index (χ3n) is 5.19. The number of methoxy groups -OCH3 is 1. The molecule has 6 nitrogen and oxygen atoms in total. The van der Waals surface area contributed by atoms with Crippen molar-refractivity contribution in [3.8, 4) is 0 Å². The number of nitrogens with zero attached hydrogens (tertiary/aromatic N) is 1. The summed E-state index contributed by atoms with van der Waals surface area (Å²) in [6, 6.07) is 4.09. The molecule has 0 radical (unpaired) electrons. The van der Waals surface area contributed by atoms with Crippen molar-refractivity contribution in [2.24, 2.45) is 0 Å². The highest BCUT2D eigenvalue weighted by molar-refractivity contribution is 6.42. The molecule has 1 saturated carbocycles. The Morgan fingerprint density at radius 2 is 2.00 bits per heavy atom. The first kappa shape index (κ1) is 20.4. The van der Waals surface area contributed by atoms with Crippen molar-refractivity contribution in [3.05, 3.63) is 33.8 Å². The van der Waals surface area contributed by atoms with Crippen molar-refractivity contribution >= 4 is 35.0 Å². The van der Waals surface area contributed by atoms with Gasteiger partial charge in [0, 0.05) is 19.2 Å². The van der Waals surface area contributed by atoms with E-state index in [0.717, 1.165) is 32.1 Å². The zero-order chi connectivity index (χ0) is 19.4. The average molecular weight is 415 g/mol. The maximum Gasteiger partial charge on any atom is 0.256 e. The number of hydrogen-bond acceptors (Lipinski definition) is 4. The van der Waals surface area contributed by atoms with Crippen LogP contribution in [-0.2, 0) is 14.3 Å². The van der Waals surface area contributed by atoms with E-state index in [2.05, 4.69) is 5.32 Å². The Bertz CT molecular complexity index is 707. The molecule has 27 heavy (non-hydrogen) atoms. The number of carbonyl (C=O) groups excluding carboxylic acids is 2. The van der Waals surface area contributed by atoms with Gasteiger partial charge < -0.3 is 14.8 Å². The molecule has 1 aliphatic heterocycles. The van der Waals surface area contributed by atoms with Crippen LogP contribution in [0.15, 0.2) is 18.2 Å². The van der Waals surface area contributed by atoms with Gasteiger partial charge >= 0.3 is 0 Å². The van der Waals surface area contributed by atoms with Crippen LogP contribution in [0.3, 0.4) is 0 Å². The average Bonchev–Trinajstić information content (AvgIpc) is 3.02. The lowest BCUT2D eigenvalue weighted by molar-refractivity contribution is -0.127. The van der Waals surface area contributed by atoms with Crippen molar-refractivity contribution in [1.29, 1.82) is 0 Å². The van der Waals surface area contributed by atoms with Gasteiger partial charge in [0.05, 0.1) is 23.3 Å². The van der Waals surface area contributed by atoms with E-state index in [4.69, 9.17) is 32.7 Å². The molecule has 1 saturated heterocycles. The van der Waals surface area contributed by atoms with Gasteiger partial charge in [0.15, 0.2) is 0 Å². The van der Waals surface area contributed by atoms with E-state index in [1.807, 2.05) is 0 Å². The number of rotatable bonds is 5. The van der Waals surface area contributed by atoms with E-state index in [1.165, 1.54) is 0 Å². The van der Waals surface area contributed by atoms with Gasteiger partial charge in [-0.3, -0.25) is 14.5 Å². The van der Waals surface area contributed by atoms with Crippen LogP contribution in [-0.4, -0.2) is 55.3 Å². The summed E-state index contributed by atoms with van der Waals surface area (Å²) in [5, 5.41) is 3.51. The summed E-state index contributed by atoms with van der Waals surface area (Å²) in [6.07, 6.45) is 4.47. The number of amides is 2. The van der Waals surface area contributed by atoms with Crippen molar-refractivity contribution in [2.75, 3.05) is 26.9 Å². The van der Waals surface area contributed by atoms with Crippen molar-refractivity contribution in [3.63, 3.8) is 0 Å². The first-order valence-corrected chi connectivity index (χ1v) is 9.93. The predicted octanol–water partition coefficient (Wildman–Crippen LogP) is 3.26. The SMILES string of the molecule is COCCNC(=O)C1COC2(CCCCC2)N1C(=O)c1ccc(Cl)c(Cl)c1. The van der Waals surface area contributed by atoms with E-state index < -0.39 is 11.8 Å². The van der Waals surface area contributed by atoms with Gasteiger partial charge in [-0.05, 0) is 43.9 Å². The number of halogens is 2. The standard InChI is InChI=1S/C19H24Cl2N2O4/c1-26-10-9-22-17(24)16-12-27-19(7-3-2-4-8-19)23(16)18(25)13-5-6-14(20)15(21)11-13/h5-6,11,16H,2-4,7-10,12H2,1H3,(H,22,24). The number of benzene rings is 1. The Morgan fingerprint density at radius 3 is 2.67 bits per heavy atom. The molecule has 1 aromatic carbocycles. The smallest absolute Gasteiger partial charge is 0.256 e. The number of nitrogens with one attached hydrogen (secondary N) is 1. The van der Waals surface area contributed by atoms with Crippen molar-refractivity contribution in [1.82, 2.24) is 10.2 Å². The molecular weight excluding hydrogens is 391 g/mol. The summed E-state index contributed by atoms with van der Waals surface area (Å²) in [5.41, 5.74) is -0.334. The van der Waals surface area contributed by atoms with Crippen LogP contribution in [0.25, 0.3) is 0 Å². The Kier molecular flexibility index (Phi) is 6.63. The molecule has 1 aromatic rings. The van der Waals surface area contributed by atoms with Crippen LogP contribution in [0.2, 0.25) is 10.0 Å². The molecule has 8 heteroatoms. The molecule has 0 bridgehead atoms. The molecule has 0 aromatic heterocycles. The van der Waals surface area contributed by atoms with Gasteiger partial charge in [-0.1, -0.05) is 29.6 Å². The molecule has 2 fully saturated rings. The fraction of sp³-hybridized carbons (Fsp3) is 0.579. The zero-order valence-electron chi connectivity index (χ0n) is 15.3. The maximum absolute atomic E-state index is 13.4. The Balaban J connectivity index is 1.88. The lowest BCUT2D eigenvalue weighted by Gasteiger charge is -2.41.